The predicted molar refractivity (Wildman–Crippen MR) is 88.2 cm³/mol. The van der Waals surface area contributed by atoms with Crippen LogP contribution in [0.3, 0.4) is 0 Å². The van der Waals surface area contributed by atoms with E-state index >= 15 is 0 Å². The van der Waals surface area contributed by atoms with Gasteiger partial charge in [-0.1, -0.05) is 42.5 Å². The second-order valence-electron chi connectivity index (χ2n) is 4.76. The van der Waals surface area contributed by atoms with Gasteiger partial charge < -0.3 is 5.32 Å². The van der Waals surface area contributed by atoms with Gasteiger partial charge in [0.15, 0.2) is 0 Å². The Balaban J connectivity index is 1.75. The zero-order chi connectivity index (χ0) is 14.7. The third-order valence-electron chi connectivity index (χ3n) is 3.23. The normalized spacial score (nSPS) is 10.5. The molecule has 1 aromatic heterocycles. The molecule has 0 aliphatic heterocycles. The molecule has 0 unspecified atom stereocenters. The average molecular weight is 341 g/mol. The lowest BCUT2D eigenvalue weighted by Crippen LogP contribution is -2.14. The van der Waals surface area contributed by atoms with Crippen LogP contribution >= 0.6 is 15.9 Å². The Kier molecular flexibility index (Phi) is 3.97. The Morgan fingerprint density at radius 3 is 2.71 bits per heavy atom. The number of rotatable bonds is 3. The van der Waals surface area contributed by atoms with Crippen LogP contribution in [0.4, 0.5) is 5.69 Å². The van der Waals surface area contributed by atoms with Crippen molar-refractivity contribution < 1.29 is 4.79 Å². The van der Waals surface area contributed by atoms with Crippen molar-refractivity contribution in [3.63, 3.8) is 0 Å². The number of amides is 1. The van der Waals surface area contributed by atoms with Gasteiger partial charge in [0.25, 0.3) is 0 Å². The standard InChI is InChI=1S/C17H13BrN2O/c18-15-11-19-8-7-16(15)20-17(21)10-12-5-6-13-3-1-2-4-14(13)9-12/h1-9,11H,10H2,(H,19,20,21). The summed E-state index contributed by atoms with van der Waals surface area (Å²) < 4.78 is 0.775. The number of hydrogen-bond acceptors (Lipinski definition) is 2. The van der Waals surface area contributed by atoms with Crippen LogP contribution < -0.4 is 5.32 Å². The first-order valence-electron chi connectivity index (χ1n) is 6.59. The maximum Gasteiger partial charge on any atom is 0.228 e. The number of pyridine rings is 1. The van der Waals surface area contributed by atoms with Gasteiger partial charge in [-0.05, 0) is 38.3 Å². The maximum absolute atomic E-state index is 12.1. The van der Waals surface area contributed by atoms with Crippen LogP contribution in [0.5, 0.6) is 0 Å². The van der Waals surface area contributed by atoms with Crippen molar-refractivity contribution in [2.24, 2.45) is 0 Å². The summed E-state index contributed by atoms with van der Waals surface area (Å²) in [5, 5.41) is 5.21. The number of anilines is 1. The molecule has 0 aliphatic rings. The van der Waals surface area contributed by atoms with Gasteiger partial charge >= 0.3 is 0 Å². The Morgan fingerprint density at radius 1 is 1.10 bits per heavy atom. The maximum atomic E-state index is 12.1. The SMILES string of the molecule is O=C(Cc1ccc2ccccc2c1)Nc1ccncc1Br. The number of carbonyl (C=O) groups is 1. The fourth-order valence-corrected chi connectivity index (χ4v) is 2.55. The molecule has 21 heavy (non-hydrogen) atoms. The molecule has 0 fully saturated rings. The van der Waals surface area contributed by atoms with E-state index in [1.807, 2.05) is 24.3 Å². The summed E-state index contributed by atoms with van der Waals surface area (Å²) in [6, 6.07) is 16.0. The molecule has 3 aromatic rings. The van der Waals surface area contributed by atoms with Crippen molar-refractivity contribution >= 4 is 38.3 Å². The van der Waals surface area contributed by atoms with Crippen LogP contribution in [0.1, 0.15) is 5.56 Å². The topological polar surface area (TPSA) is 42.0 Å². The Morgan fingerprint density at radius 2 is 1.90 bits per heavy atom. The molecule has 104 valence electrons. The van der Waals surface area contributed by atoms with Gasteiger partial charge in [0.2, 0.25) is 5.91 Å². The molecule has 0 saturated heterocycles. The van der Waals surface area contributed by atoms with Gasteiger partial charge in [0.05, 0.1) is 16.6 Å². The number of hydrogen-bond donors (Lipinski definition) is 1. The van der Waals surface area contributed by atoms with Crippen molar-refractivity contribution in [2.75, 3.05) is 5.32 Å². The van der Waals surface area contributed by atoms with Crippen LogP contribution in [-0.2, 0) is 11.2 Å². The summed E-state index contributed by atoms with van der Waals surface area (Å²) in [7, 11) is 0. The molecule has 1 N–H and O–H groups in total. The average Bonchev–Trinajstić information content (AvgIpc) is 2.49. The zero-order valence-electron chi connectivity index (χ0n) is 11.2. The van der Waals surface area contributed by atoms with Gasteiger partial charge in [0.1, 0.15) is 0 Å². The fraction of sp³-hybridized carbons (Fsp3) is 0.0588. The third kappa shape index (κ3) is 3.28. The van der Waals surface area contributed by atoms with Crippen LogP contribution in [0.25, 0.3) is 10.8 Å². The van der Waals surface area contributed by atoms with E-state index < -0.39 is 0 Å². The summed E-state index contributed by atoms with van der Waals surface area (Å²) >= 11 is 3.37. The molecule has 1 heterocycles. The van der Waals surface area contributed by atoms with E-state index in [9.17, 15) is 4.79 Å². The van der Waals surface area contributed by atoms with E-state index in [4.69, 9.17) is 0 Å². The summed E-state index contributed by atoms with van der Waals surface area (Å²) in [6.07, 6.45) is 3.65. The number of nitrogens with zero attached hydrogens (tertiary/aromatic N) is 1. The minimum absolute atomic E-state index is 0.0443. The van der Waals surface area contributed by atoms with Crippen molar-refractivity contribution in [2.45, 2.75) is 6.42 Å². The third-order valence-corrected chi connectivity index (χ3v) is 3.86. The van der Waals surface area contributed by atoms with Crippen LogP contribution in [0.15, 0.2) is 65.4 Å². The molecule has 0 saturated carbocycles. The number of benzene rings is 2. The summed E-state index contributed by atoms with van der Waals surface area (Å²) in [4.78, 5) is 16.1. The van der Waals surface area contributed by atoms with Gasteiger partial charge in [-0.2, -0.15) is 0 Å². The number of aromatic nitrogens is 1. The van der Waals surface area contributed by atoms with Crippen LogP contribution in [0, 0.1) is 0 Å². The zero-order valence-corrected chi connectivity index (χ0v) is 12.8. The molecule has 0 aliphatic carbocycles. The minimum atomic E-state index is -0.0443. The molecule has 0 spiro atoms. The molecular formula is C17H13BrN2O. The van der Waals surface area contributed by atoms with Crippen LogP contribution in [0.2, 0.25) is 0 Å². The van der Waals surface area contributed by atoms with Gasteiger partial charge in [-0.3, -0.25) is 9.78 Å². The Labute approximate surface area is 131 Å². The molecule has 3 rings (SSSR count). The molecule has 3 nitrogen and oxygen atoms in total. The van der Waals surface area contributed by atoms with Crippen molar-refractivity contribution in [1.82, 2.24) is 4.98 Å². The number of carbonyl (C=O) groups excluding carboxylic acids is 1. The largest absolute Gasteiger partial charge is 0.325 e. The fourth-order valence-electron chi connectivity index (χ4n) is 2.21. The number of fused-ring (bicyclic) bond motifs is 1. The van der Waals surface area contributed by atoms with Gasteiger partial charge in [-0.15, -0.1) is 0 Å². The highest BCUT2D eigenvalue weighted by Gasteiger charge is 2.07. The Bertz CT molecular complexity index is 801. The smallest absolute Gasteiger partial charge is 0.228 e. The van der Waals surface area contributed by atoms with E-state index in [2.05, 4.69) is 44.4 Å². The van der Waals surface area contributed by atoms with Crippen molar-refractivity contribution in [3.05, 3.63) is 71.0 Å². The molecule has 0 radical (unpaired) electrons. The molecule has 1 amide bonds. The predicted octanol–water partition coefficient (Wildman–Crippen LogP) is 4.18. The van der Waals surface area contributed by atoms with Gasteiger partial charge in [0, 0.05) is 12.4 Å². The van der Waals surface area contributed by atoms with Crippen molar-refractivity contribution in [1.29, 1.82) is 0 Å². The van der Waals surface area contributed by atoms with E-state index in [0.29, 0.717) is 6.42 Å². The quantitative estimate of drug-likeness (QED) is 0.777. The Hall–Kier alpha value is -2.20. The summed E-state index contributed by atoms with van der Waals surface area (Å²) in [5.74, 6) is -0.0443. The summed E-state index contributed by atoms with van der Waals surface area (Å²) in [5.41, 5.74) is 1.73. The van der Waals surface area contributed by atoms with E-state index in [1.54, 1.807) is 18.5 Å². The monoisotopic (exact) mass is 340 g/mol. The lowest BCUT2D eigenvalue weighted by atomic mass is 10.0. The first kappa shape index (κ1) is 13.8. The van der Waals surface area contributed by atoms with Crippen molar-refractivity contribution in [3.8, 4) is 0 Å². The van der Waals surface area contributed by atoms with Crippen LogP contribution in [-0.4, -0.2) is 10.9 Å². The van der Waals surface area contributed by atoms with E-state index in [-0.39, 0.29) is 5.91 Å². The second kappa shape index (κ2) is 6.06. The second-order valence-corrected chi connectivity index (χ2v) is 5.62. The summed E-state index contributed by atoms with van der Waals surface area (Å²) in [6.45, 7) is 0. The van der Waals surface area contributed by atoms with Gasteiger partial charge in [-0.25, -0.2) is 0 Å². The highest BCUT2D eigenvalue weighted by atomic mass is 79.9. The highest BCUT2D eigenvalue weighted by molar-refractivity contribution is 9.10. The first-order valence-corrected chi connectivity index (χ1v) is 7.39. The number of nitrogens with one attached hydrogen (secondary N) is 1. The highest BCUT2D eigenvalue weighted by Crippen LogP contribution is 2.21. The minimum Gasteiger partial charge on any atom is -0.325 e. The van der Waals surface area contributed by atoms with E-state index in [1.165, 1.54) is 5.39 Å². The lowest BCUT2D eigenvalue weighted by Gasteiger charge is -2.07. The first-order chi connectivity index (χ1) is 10.2. The molecule has 4 heteroatoms. The molecule has 0 bridgehead atoms. The van der Waals surface area contributed by atoms with E-state index in [0.717, 1.165) is 21.1 Å². The number of halogens is 1. The molecule has 0 atom stereocenters. The lowest BCUT2D eigenvalue weighted by molar-refractivity contribution is -0.115. The molecule has 2 aromatic carbocycles. The molecular weight excluding hydrogens is 328 g/mol.